The average Bonchev–Trinajstić information content (AvgIpc) is 3.72. The smallest absolute Gasteiger partial charge is 0.313 e. The van der Waals surface area contributed by atoms with E-state index in [0.717, 1.165) is 18.4 Å². The number of nitrogens with one attached hydrogen (secondary N) is 1. The van der Waals surface area contributed by atoms with Gasteiger partial charge in [0.15, 0.2) is 0 Å². The van der Waals surface area contributed by atoms with E-state index in [2.05, 4.69) is 34.4 Å². The van der Waals surface area contributed by atoms with Crippen LogP contribution in [0.15, 0.2) is 86.0 Å². The lowest BCUT2D eigenvalue weighted by Gasteiger charge is -2.37. The van der Waals surface area contributed by atoms with Crippen molar-refractivity contribution in [3.8, 4) is 0 Å². The molecule has 0 aromatic heterocycles. The Kier molecular flexibility index (Phi) is 13.3. The number of esters is 1. The average molecular weight is 765 g/mol. The van der Waals surface area contributed by atoms with Crippen LogP contribution in [0.4, 0.5) is 0 Å². The molecule has 2 bridgehead atoms. The van der Waals surface area contributed by atoms with Gasteiger partial charge in [-0.3, -0.25) is 19.2 Å². The second-order valence-corrected chi connectivity index (χ2v) is 15.0. The van der Waals surface area contributed by atoms with Gasteiger partial charge in [-0.15, -0.1) is 13.2 Å². The van der Waals surface area contributed by atoms with Crippen LogP contribution in [0.2, 0.25) is 0 Å². The van der Waals surface area contributed by atoms with Crippen molar-refractivity contribution in [3.05, 3.63) is 97.1 Å². The quantitative estimate of drug-likeness (QED) is 0.0867. The number of alkyl halides is 1. The number of ether oxygens (including phenoxy) is 2. The molecule has 3 aliphatic heterocycles. The molecule has 1 spiro atoms. The SMILES string of the molecule is C=CCCC(=O)N[C@H](C)[C@@H](OC(=O)[C@@H]1[C@H]2O[C@@]3(CC2Br)[C@H](C(=O)N(CC=C)Cc2ccccc2)N(CCCCCCO)C(=O)[C@@H]13)c1ccccc1. The minimum absolute atomic E-state index is 0.0949. The fourth-order valence-corrected chi connectivity index (χ4v) is 8.91. The Labute approximate surface area is 309 Å². The van der Waals surface area contributed by atoms with Gasteiger partial charge in [0.05, 0.1) is 24.0 Å². The minimum Gasteiger partial charge on any atom is -0.455 e. The number of amides is 3. The molecule has 0 radical (unpaired) electrons. The number of nitrogens with zero attached hydrogens (tertiary/aromatic N) is 2. The summed E-state index contributed by atoms with van der Waals surface area (Å²) in [6, 6.07) is 17.4. The summed E-state index contributed by atoms with van der Waals surface area (Å²) in [7, 11) is 0. The number of hydrogen-bond acceptors (Lipinski definition) is 7. The Morgan fingerprint density at radius 3 is 2.43 bits per heavy atom. The van der Waals surface area contributed by atoms with Crippen molar-refractivity contribution in [2.24, 2.45) is 11.8 Å². The maximum absolute atomic E-state index is 14.8. The molecule has 2 N–H and O–H groups in total. The van der Waals surface area contributed by atoms with Crippen LogP contribution in [0.3, 0.4) is 0 Å². The second kappa shape index (κ2) is 17.6. The second-order valence-electron chi connectivity index (χ2n) is 13.8. The third kappa shape index (κ3) is 8.31. The van der Waals surface area contributed by atoms with Crippen LogP contribution in [0.1, 0.15) is 69.1 Å². The van der Waals surface area contributed by atoms with Crippen molar-refractivity contribution in [1.29, 1.82) is 0 Å². The molecule has 3 fully saturated rings. The molecular weight excluding hydrogens is 714 g/mol. The standard InChI is InChI=1S/C40H50BrN3O7/c1-4-6-21-31(46)42-27(3)34(29-19-13-10-14-20-29)50-39(49)32-33-37(47)44(23-15-7-8-16-24-45)36(40(33)25-30(41)35(32)51-40)38(48)43(22-5-2)26-28-17-11-9-12-18-28/h4-5,9-14,17-20,27,30,32-36,45H,1-2,6-8,15-16,21-26H2,3H3,(H,42,46)/t27-,30?,32+,33-,34-,35+,36+,40-/m1/s1. The first-order valence-corrected chi connectivity index (χ1v) is 18.9. The molecule has 51 heavy (non-hydrogen) atoms. The first-order chi connectivity index (χ1) is 24.7. The maximum Gasteiger partial charge on any atom is 0.313 e. The predicted molar refractivity (Wildman–Crippen MR) is 197 cm³/mol. The number of benzene rings is 2. The van der Waals surface area contributed by atoms with E-state index in [0.29, 0.717) is 44.3 Å². The molecular formula is C40H50BrN3O7. The fourth-order valence-electron chi connectivity index (χ4n) is 7.97. The number of allylic oxidation sites excluding steroid dienone is 1. The molecule has 10 nitrogen and oxygen atoms in total. The molecule has 3 heterocycles. The Hall–Kier alpha value is -3.80. The highest BCUT2D eigenvalue weighted by Gasteiger charge is 2.77. The Morgan fingerprint density at radius 1 is 1.08 bits per heavy atom. The Balaban J connectivity index is 1.46. The highest BCUT2D eigenvalue weighted by molar-refractivity contribution is 9.09. The summed E-state index contributed by atoms with van der Waals surface area (Å²) in [5.41, 5.74) is 0.397. The summed E-state index contributed by atoms with van der Waals surface area (Å²) in [5.74, 6) is -3.23. The summed E-state index contributed by atoms with van der Waals surface area (Å²) in [5, 5.41) is 12.3. The highest BCUT2D eigenvalue weighted by Crippen LogP contribution is 2.60. The summed E-state index contributed by atoms with van der Waals surface area (Å²) >= 11 is 3.76. The zero-order valence-corrected chi connectivity index (χ0v) is 30.9. The first-order valence-electron chi connectivity index (χ1n) is 18.0. The molecule has 0 saturated carbocycles. The zero-order valence-electron chi connectivity index (χ0n) is 29.3. The Morgan fingerprint density at radius 2 is 1.76 bits per heavy atom. The van der Waals surface area contributed by atoms with Gasteiger partial charge in [0, 0.05) is 37.5 Å². The highest BCUT2D eigenvalue weighted by atomic mass is 79.9. The van der Waals surface area contributed by atoms with Crippen molar-refractivity contribution in [1.82, 2.24) is 15.1 Å². The van der Waals surface area contributed by atoms with E-state index in [1.165, 1.54) is 0 Å². The predicted octanol–water partition coefficient (Wildman–Crippen LogP) is 5.26. The summed E-state index contributed by atoms with van der Waals surface area (Å²) < 4.78 is 13.0. The van der Waals surface area contributed by atoms with E-state index in [-0.39, 0.29) is 42.1 Å². The number of rotatable bonds is 19. The number of likely N-dealkylation sites (tertiary alicyclic amines) is 1. The lowest BCUT2D eigenvalue weighted by Crippen LogP contribution is -2.56. The number of carbonyl (C=O) groups excluding carboxylic acids is 4. The monoisotopic (exact) mass is 763 g/mol. The molecule has 1 unspecified atom stereocenters. The van der Waals surface area contributed by atoms with Gasteiger partial charge >= 0.3 is 5.97 Å². The topological polar surface area (TPSA) is 125 Å². The normalized spacial score (nSPS) is 25.9. The molecule has 3 saturated heterocycles. The molecule has 2 aromatic carbocycles. The van der Waals surface area contributed by atoms with E-state index in [9.17, 15) is 24.3 Å². The lowest BCUT2D eigenvalue weighted by molar-refractivity contribution is -0.162. The van der Waals surface area contributed by atoms with Gasteiger partial charge in [0.2, 0.25) is 17.7 Å². The van der Waals surface area contributed by atoms with Crippen molar-refractivity contribution in [2.75, 3.05) is 19.7 Å². The Bertz CT molecular complexity index is 1540. The van der Waals surface area contributed by atoms with Crippen LogP contribution in [0.25, 0.3) is 0 Å². The van der Waals surface area contributed by atoms with Gasteiger partial charge in [-0.05, 0) is 43.7 Å². The van der Waals surface area contributed by atoms with Crippen LogP contribution in [-0.4, -0.2) is 86.9 Å². The lowest BCUT2D eigenvalue weighted by atomic mass is 9.70. The van der Waals surface area contributed by atoms with Gasteiger partial charge in [0.1, 0.15) is 17.7 Å². The van der Waals surface area contributed by atoms with E-state index in [1.807, 2.05) is 60.7 Å². The van der Waals surface area contributed by atoms with Gasteiger partial charge in [-0.1, -0.05) is 102 Å². The van der Waals surface area contributed by atoms with Crippen molar-refractivity contribution in [2.45, 2.75) is 93.1 Å². The number of fused-ring (bicyclic) bond motifs is 1. The first kappa shape index (κ1) is 38.4. The fraction of sp³-hybridized carbons (Fsp3) is 0.500. The van der Waals surface area contributed by atoms with Gasteiger partial charge in [-0.25, -0.2) is 0 Å². The van der Waals surface area contributed by atoms with Crippen LogP contribution >= 0.6 is 15.9 Å². The van der Waals surface area contributed by atoms with Crippen molar-refractivity contribution >= 4 is 39.6 Å². The molecule has 8 atom stereocenters. The molecule has 0 aliphatic carbocycles. The number of carbonyl (C=O) groups is 4. The maximum atomic E-state index is 14.8. The van der Waals surface area contributed by atoms with E-state index in [1.54, 1.807) is 28.9 Å². The molecule has 3 amide bonds. The van der Waals surface area contributed by atoms with E-state index < -0.39 is 47.7 Å². The largest absolute Gasteiger partial charge is 0.455 e. The van der Waals surface area contributed by atoms with Gasteiger partial charge in [0.25, 0.3) is 0 Å². The van der Waals surface area contributed by atoms with Crippen LogP contribution < -0.4 is 5.32 Å². The molecule has 274 valence electrons. The third-order valence-corrected chi connectivity index (χ3v) is 11.1. The number of hydrogen-bond donors (Lipinski definition) is 2. The third-order valence-electron chi connectivity index (χ3n) is 10.3. The van der Waals surface area contributed by atoms with E-state index >= 15 is 0 Å². The molecule has 3 aliphatic rings. The number of aliphatic hydroxyl groups is 1. The summed E-state index contributed by atoms with van der Waals surface area (Å²) in [6.45, 7) is 10.4. The zero-order chi connectivity index (χ0) is 36.5. The molecule has 2 aromatic rings. The molecule has 5 rings (SSSR count). The minimum atomic E-state index is -1.25. The van der Waals surface area contributed by atoms with Gasteiger partial charge < -0.3 is 29.7 Å². The van der Waals surface area contributed by atoms with Gasteiger partial charge in [-0.2, -0.15) is 0 Å². The molecule has 11 heteroatoms. The number of unbranched alkanes of at least 4 members (excludes halogenated alkanes) is 3. The van der Waals surface area contributed by atoms with E-state index in [4.69, 9.17) is 9.47 Å². The van der Waals surface area contributed by atoms with Crippen molar-refractivity contribution < 1.29 is 33.8 Å². The summed E-state index contributed by atoms with van der Waals surface area (Å²) in [6.07, 6.45) is 5.83. The van der Waals surface area contributed by atoms with Crippen LogP contribution in [0, 0.1) is 11.8 Å². The number of halogens is 1. The number of aliphatic hydroxyl groups excluding tert-OH is 1. The summed E-state index contributed by atoms with van der Waals surface area (Å²) in [4.78, 5) is 59.6. The van der Waals surface area contributed by atoms with Crippen LogP contribution in [-0.2, 0) is 35.2 Å². The van der Waals surface area contributed by atoms with Crippen molar-refractivity contribution in [3.63, 3.8) is 0 Å². The van der Waals surface area contributed by atoms with Crippen LogP contribution in [0.5, 0.6) is 0 Å².